The van der Waals surface area contributed by atoms with Crippen LogP contribution in [0.5, 0.6) is 0 Å². The standard InChI is InChI=1S/C13H17BN2O/c1-9-5-6-11-10(13(9)14)8-15-16(11)12-4-2-3-7-17-12/h5-6,8,12H,2-4,7,14H2,1H3. The molecule has 1 saturated heterocycles. The highest BCUT2D eigenvalue weighted by molar-refractivity contribution is 6.39. The second-order valence-corrected chi connectivity index (χ2v) is 4.85. The van der Waals surface area contributed by atoms with Crippen molar-refractivity contribution < 1.29 is 4.74 Å². The molecule has 0 bridgehead atoms. The Morgan fingerprint density at radius 3 is 3.06 bits per heavy atom. The molecule has 1 fully saturated rings. The molecule has 1 aliphatic heterocycles. The Kier molecular flexibility index (Phi) is 2.67. The SMILES string of the molecule is Bc1c(C)ccc2c1cnn2C1CCCCO1. The summed E-state index contributed by atoms with van der Waals surface area (Å²) in [6, 6.07) is 4.32. The van der Waals surface area contributed by atoms with Gasteiger partial charge in [0.2, 0.25) is 0 Å². The zero-order chi connectivity index (χ0) is 11.8. The molecule has 3 rings (SSSR count). The summed E-state index contributed by atoms with van der Waals surface area (Å²) in [5.74, 6) is 0. The monoisotopic (exact) mass is 228 g/mol. The second-order valence-electron chi connectivity index (χ2n) is 4.85. The molecule has 1 aromatic heterocycles. The highest BCUT2D eigenvalue weighted by atomic mass is 16.5. The van der Waals surface area contributed by atoms with Gasteiger partial charge < -0.3 is 4.74 Å². The summed E-state index contributed by atoms with van der Waals surface area (Å²) >= 11 is 0. The lowest BCUT2D eigenvalue weighted by molar-refractivity contribution is -0.0366. The number of hydrogen-bond acceptors (Lipinski definition) is 2. The van der Waals surface area contributed by atoms with Crippen LogP contribution in [0.4, 0.5) is 0 Å². The summed E-state index contributed by atoms with van der Waals surface area (Å²) < 4.78 is 7.84. The van der Waals surface area contributed by atoms with Crippen molar-refractivity contribution in [2.75, 3.05) is 6.61 Å². The van der Waals surface area contributed by atoms with Crippen LogP contribution in [0, 0.1) is 6.92 Å². The van der Waals surface area contributed by atoms with E-state index < -0.39 is 0 Å². The van der Waals surface area contributed by atoms with Gasteiger partial charge in [0.25, 0.3) is 0 Å². The predicted octanol–water partition coefficient (Wildman–Crippen LogP) is 1.30. The Hall–Kier alpha value is -1.29. The number of rotatable bonds is 1. The molecule has 3 nitrogen and oxygen atoms in total. The van der Waals surface area contributed by atoms with Crippen LogP contribution in [0.2, 0.25) is 0 Å². The third kappa shape index (κ3) is 1.76. The lowest BCUT2D eigenvalue weighted by atomic mass is 9.88. The van der Waals surface area contributed by atoms with Crippen LogP contribution in [0.1, 0.15) is 31.1 Å². The number of aryl methyl sites for hydroxylation is 1. The van der Waals surface area contributed by atoms with Gasteiger partial charge in [-0.1, -0.05) is 17.1 Å². The summed E-state index contributed by atoms with van der Waals surface area (Å²) in [5.41, 5.74) is 3.84. The minimum atomic E-state index is 0.128. The number of hydrogen-bond donors (Lipinski definition) is 0. The molecule has 88 valence electrons. The van der Waals surface area contributed by atoms with Crippen LogP contribution < -0.4 is 5.46 Å². The maximum atomic E-state index is 5.80. The van der Waals surface area contributed by atoms with Gasteiger partial charge in [0.1, 0.15) is 7.85 Å². The third-order valence-corrected chi connectivity index (χ3v) is 3.75. The van der Waals surface area contributed by atoms with Crippen molar-refractivity contribution in [2.24, 2.45) is 0 Å². The van der Waals surface area contributed by atoms with E-state index in [-0.39, 0.29) is 6.23 Å². The highest BCUT2D eigenvalue weighted by Crippen LogP contribution is 2.25. The summed E-state index contributed by atoms with van der Waals surface area (Å²) in [4.78, 5) is 0. The molecule has 1 atom stereocenters. The summed E-state index contributed by atoms with van der Waals surface area (Å²) in [7, 11) is 2.16. The van der Waals surface area contributed by atoms with Gasteiger partial charge in [0.15, 0.2) is 6.23 Å². The average molecular weight is 228 g/mol. The topological polar surface area (TPSA) is 27.1 Å². The molecule has 17 heavy (non-hydrogen) atoms. The third-order valence-electron chi connectivity index (χ3n) is 3.75. The maximum Gasteiger partial charge on any atom is 0.150 e. The van der Waals surface area contributed by atoms with Gasteiger partial charge in [-0.3, -0.25) is 0 Å². The Balaban J connectivity index is 2.08. The van der Waals surface area contributed by atoms with Crippen molar-refractivity contribution in [3.8, 4) is 0 Å². The van der Waals surface area contributed by atoms with Gasteiger partial charge in [-0.2, -0.15) is 5.10 Å². The average Bonchev–Trinajstić information content (AvgIpc) is 2.79. The molecule has 0 spiro atoms. The Morgan fingerprint density at radius 2 is 2.29 bits per heavy atom. The van der Waals surface area contributed by atoms with Gasteiger partial charge in [0, 0.05) is 12.0 Å². The second kappa shape index (κ2) is 4.19. The van der Waals surface area contributed by atoms with Crippen molar-refractivity contribution in [2.45, 2.75) is 32.4 Å². The highest BCUT2D eigenvalue weighted by Gasteiger charge is 2.18. The molecule has 0 radical (unpaired) electrons. The normalized spacial score (nSPS) is 20.9. The Bertz CT molecular complexity index is 544. The molecular weight excluding hydrogens is 211 g/mol. The molecule has 0 saturated carbocycles. The quantitative estimate of drug-likeness (QED) is 0.688. The van der Waals surface area contributed by atoms with Gasteiger partial charge >= 0.3 is 0 Å². The molecular formula is C13H17BN2O. The summed E-state index contributed by atoms with van der Waals surface area (Å²) in [5, 5.41) is 5.76. The molecule has 1 aliphatic rings. The van der Waals surface area contributed by atoms with Gasteiger partial charge in [-0.25, -0.2) is 4.68 Å². The minimum absolute atomic E-state index is 0.128. The van der Waals surface area contributed by atoms with E-state index in [0.717, 1.165) is 13.0 Å². The molecule has 0 N–H and O–H groups in total. The fourth-order valence-corrected chi connectivity index (χ4v) is 2.51. The van der Waals surface area contributed by atoms with Crippen LogP contribution in [-0.4, -0.2) is 24.2 Å². The number of benzene rings is 1. The van der Waals surface area contributed by atoms with Crippen molar-refractivity contribution in [1.29, 1.82) is 0 Å². The molecule has 4 heteroatoms. The van der Waals surface area contributed by atoms with Crippen molar-refractivity contribution in [1.82, 2.24) is 9.78 Å². The fraction of sp³-hybridized carbons (Fsp3) is 0.462. The number of ether oxygens (including phenoxy) is 1. The van der Waals surface area contributed by atoms with E-state index in [1.165, 1.54) is 34.8 Å². The first-order valence-corrected chi connectivity index (χ1v) is 6.32. The van der Waals surface area contributed by atoms with E-state index in [4.69, 9.17) is 4.74 Å². The van der Waals surface area contributed by atoms with Gasteiger partial charge in [-0.15, -0.1) is 0 Å². The first-order chi connectivity index (χ1) is 8.27. The first kappa shape index (κ1) is 10.8. The number of aromatic nitrogens is 2. The van der Waals surface area contributed by atoms with Crippen LogP contribution in [0.25, 0.3) is 10.9 Å². The first-order valence-electron chi connectivity index (χ1n) is 6.32. The van der Waals surface area contributed by atoms with E-state index in [0.29, 0.717) is 0 Å². The Morgan fingerprint density at radius 1 is 1.41 bits per heavy atom. The van der Waals surface area contributed by atoms with E-state index >= 15 is 0 Å². The van der Waals surface area contributed by atoms with Crippen LogP contribution in [0.15, 0.2) is 18.3 Å². The summed E-state index contributed by atoms with van der Waals surface area (Å²) in [6.45, 7) is 3.00. The predicted molar refractivity (Wildman–Crippen MR) is 71.5 cm³/mol. The van der Waals surface area contributed by atoms with E-state index in [2.05, 4.69) is 32.0 Å². The van der Waals surface area contributed by atoms with Crippen molar-refractivity contribution in [3.05, 3.63) is 23.9 Å². The number of fused-ring (bicyclic) bond motifs is 1. The van der Waals surface area contributed by atoms with E-state index in [1.807, 2.05) is 10.9 Å². The van der Waals surface area contributed by atoms with Crippen LogP contribution in [-0.2, 0) is 4.74 Å². The molecule has 1 aromatic carbocycles. The lowest BCUT2D eigenvalue weighted by Gasteiger charge is -2.23. The zero-order valence-electron chi connectivity index (χ0n) is 10.4. The van der Waals surface area contributed by atoms with Crippen LogP contribution >= 0.6 is 0 Å². The lowest BCUT2D eigenvalue weighted by Crippen LogP contribution is -2.19. The fourth-order valence-electron chi connectivity index (χ4n) is 2.51. The summed E-state index contributed by atoms with van der Waals surface area (Å²) in [6.07, 6.45) is 5.58. The number of nitrogens with zero attached hydrogens (tertiary/aromatic N) is 2. The maximum absolute atomic E-state index is 5.80. The van der Waals surface area contributed by atoms with E-state index in [1.54, 1.807) is 0 Å². The smallest absolute Gasteiger partial charge is 0.150 e. The van der Waals surface area contributed by atoms with Gasteiger partial charge in [-0.05, 0) is 32.3 Å². The van der Waals surface area contributed by atoms with E-state index in [9.17, 15) is 0 Å². The molecule has 0 aliphatic carbocycles. The largest absolute Gasteiger partial charge is 0.356 e. The Labute approximate surface area is 102 Å². The molecule has 1 unspecified atom stereocenters. The molecule has 2 heterocycles. The van der Waals surface area contributed by atoms with Crippen LogP contribution in [0.3, 0.4) is 0 Å². The minimum Gasteiger partial charge on any atom is -0.356 e. The van der Waals surface area contributed by atoms with Crippen molar-refractivity contribution in [3.63, 3.8) is 0 Å². The molecule has 2 aromatic rings. The van der Waals surface area contributed by atoms with Gasteiger partial charge in [0.05, 0.1) is 11.7 Å². The van der Waals surface area contributed by atoms with Crippen molar-refractivity contribution >= 4 is 24.2 Å². The molecule has 0 amide bonds. The zero-order valence-corrected chi connectivity index (χ0v) is 10.4.